The molecule has 0 aliphatic heterocycles. The van der Waals surface area contributed by atoms with Crippen LogP contribution in [0.5, 0.6) is 17.2 Å². The van der Waals surface area contributed by atoms with Gasteiger partial charge in [0, 0.05) is 18.2 Å². The highest BCUT2D eigenvalue weighted by Gasteiger charge is 2.17. The van der Waals surface area contributed by atoms with Crippen LogP contribution in [0.4, 0.5) is 0 Å². The van der Waals surface area contributed by atoms with Crippen molar-refractivity contribution in [2.75, 3.05) is 27.9 Å². The fourth-order valence-electron chi connectivity index (χ4n) is 2.93. The van der Waals surface area contributed by atoms with Crippen LogP contribution in [0.25, 0.3) is 11.5 Å². The van der Waals surface area contributed by atoms with Crippen molar-refractivity contribution in [3.05, 3.63) is 53.9 Å². The van der Waals surface area contributed by atoms with E-state index in [1.807, 2.05) is 0 Å². The van der Waals surface area contributed by atoms with E-state index in [0.717, 1.165) is 18.6 Å². The lowest BCUT2D eigenvalue weighted by Crippen LogP contribution is -2.26. The number of benzene rings is 2. The van der Waals surface area contributed by atoms with Crippen LogP contribution in [0.3, 0.4) is 0 Å². The molecule has 2 aromatic carbocycles. The Labute approximate surface area is 181 Å². The van der Waals surface area contributed by atoms with Gasteiger partial charge >= 0.3 is 0 Å². The van der Waals surface area contributed by atoms with Gasteiger partial charge in [-0.05, 0) is 48.9 Å². The Hall–Kier alpha value is -3.55. The summed E-state index contributed by atoms with van der Waals surface area (Å²) in [7, 11) is 4.82. The molecular weight excluding hydrogens is 398 g/mol. The fraction of sp³-hybridized carbons (Fsp3) is 0.348. The first kappa shape index (κ1) is 22.1. The Morgan fingerprint density at radius 1 is 1.03 bits per heavy atom. The number of nitrogens with zero attached hydrogens (tertiary/aromatic N) is 3. The van der Waals surface area contributed by atoms with E-state index in [2.05, 4.69) is 17.1 Å². The Kier molecular flexibility index (Phi) is 7.48. The number of carbonyl (C=O) groups is 1. The van der Waals surface area contributed by atoms with Gasteiger partial charge in [-0.1, -0.05) is 13.3 Å². The molecular formula is C23H27N3O5. The topological polar surface area (TPSA) is 86.9 Å². The van der Waals surface area contributed by atoms with E-state index in [4.69, 9.17) is 18.6 Å². The first-order chi connectivity index (χ1) is 15.0. The number of hydrogen-bond donors (Lipinski definition) is 0. The summed E-state index contributed by atoms with van der Waals surface area (Å²) in [5, 5.41) is 8.14. The molecule has 31 heavy (non-hydrogen) atoms. The third-order valence-electron chi connectivity index (χ3n) is 4.68. The van der Waals surface area contributed by atoms with Crippen LogP contribution in [0.1, 0.15) is 36.0 Å². The highest BCUT2D eigenvalue weighted by Crippen LogP contribution is 2.31. The standard InChI is InChI=1S/C23H27N3O5/c1-5-6-13-30-18-10-7-16(8-11-18)23(27)26(2)15-21-24-25-22(31-21)17-9-12-19(28-3)20(14-17)29-4/h7-12,14H,5-6,13,15H2,1-4H3. The van der Waals surface area contributed by atoms with Gasteiger partial charge in [-0.25, -0.2) is 0 Å². The molecule has 0 saturated carbocycles. The van der Waals surface area contributed by atoms with E-state index in [-0.39, 0.29) is 12.5 Å². The zero-order chi connectivity index (χ0) is 22.2. The van der Waals surface area contributed by atoms with Crippen molar-refractivity contribution >= 4 is 5.91 Å². The van der Waals surface area contributed by atoms with E-state index in [0.29, 0.717) is 41.0 Å². The minimum atomic E-state index is -0.147. The van der Waals surface area contributed by atoms with Gasteiger partial charge in [0.15, 0.2) is 11.5 Å². The Morgan fingerprint density at radius 2 is 1.77 bits per heavy atom. The van der Waals surface area contributed by atoms with Gasteiger partial charge in [0.05, 0.1) is 27.4 Å². The fourth-order valence-corrected chi connectivity index (χ4v) is 2.93. The number of unbranched alkanes of at least 4 members (excludes halogenated alkanes) is 1. The third-order valence-corrected chi connectivity index (χ3v) is 4.68. The quantitative estimate of drug-likeness (QED) is 0.450. The van der Waals surface area contributed by atoms with E-state index >= 15 is 0 Å². The van der Waals surface area contributed by atoms with Crippen molar-refractivity contribution < 1.29 is 23.4 Å². The van der Waals surface area contributed by atoms with Crippen LogP contribution in [-0.4, -0.2) is 48.9 Å². The molecule has 0 spiro atoms. The molecule has 0 saturated heterocycles. The summed E-state index contributed by atoms with van der Waals surface area (Å²) >= 11 is 0. The summed E-state index contributed by atoms with van der Waals surface area (Å²) in [5.74, 6) is 2.45. The largest absolute Gasteiger partial charge is 0.494 e. The van der Waals surface area contributed by atoms with E-state index in [1.54, 1.807) is 63.7 Å². The molecule has 0 radical (unpaired) electrons. The molecule has 0 atom stereocenters. The van der Waals surface area contributed by atoms with Gasteiger partial charge in [0.1, 0.15) is 5.75 Å². The normalized spacial score (nSPS) is 10.6. The van der Waals surface area contributed by atoms with Crippen LogP contribution < -0.4 is 14.2 Å². The number of ether oxygens (including phenoxy) is 3. The zero-order valence-electron chi connectivity index (χ0n) is 18.3. The summed E-state index contributed by atoms with van der Waals surface area (Å²) in [6.45, 7) is 2.97. The third kappa shape index (κ3) is 5.53. The average molecular weight is 425 g/mol. The average Bonchev–Trinajstić information content (AvgIpc) is 3.27. The maximum absolute atomic E-state index is 12.7. The van der Waals surface area contributed by atoms with Crippen molar-refractivity contribution in [3.8, 4) is 28.7 Å². The molecule has 0 fully saturated rings. The second kappa shape index (κ2) is 10.5. The van der Waals surface area contributed by atoms with E-state index < -0.39 is 0 Å². The lowest BCUT2D eigenvalue weighted by atomic mass is 10.2. The summed E-state index contributed by atoms with van der Waals surface area (Å²) < 4.78 is 21.9. The Bertz CT molecular complexity index is 1000. The molecule has 0 N–H and O–H groups in total. The minimum Gasteiger partial charge on any atom is -0.494 e. The number of aromatic nitrogens is 2. The molecule has 3 aromatic rings. The Morgan fingerprint density at radius 3 is 2.45 bits per heavy atom. The highest BCUT2D eigenvalue weighted by atomic mass is 16.5. The number of methoxy groups -OCH3 is 2. The van der Waals surface area contributed by atoms with E-state index in [1.165, 1.54) is 4.90 Å². The predicted octanol–water partition coefficient (Wildman–Crippen LogP) is 4.20. The second-order valence-corrected chi connectivity index (χ2v) is 6.96. The predicted molar refractivity (Wildman–Crippen MR) is 115 cm³/mol. The molecule has 0 aliphatic carbocycles. The van der Waals surface area contributed by atoms with Crippen LogP contribution >= 0.6 is 0 Å². The molecule has 1 amide bonds. The van der Waals surface area contributed by atoms with Crippen LogP contribution in [0, 0.1) is 0 Å². The number of carbonyl (C=O) groups excluding carboxylic acids is 1. The van der Waals surface area contributed by atoms with Crippen molar-refractivity contribution in [2.45, 2.75) is 26.3 Å². The minimum absolute atomic E-state index is 0.147. The SMILES string of the molecule is CCCCOc1ccc(C(=O)N(C)Cc2nnc(-c3ccc(OC)c(OC)c3)o2)cc1. The van der Waals surface area contributed by atoms with Crippen LogP contribution in [-0.2, 0) is 6.54 Å². The van der Waals surface area contributed by atoms with E-state index in [9.17, 15) is 4.79 Å². The van der Waals surface area contributed by atoms with Crippen molar-refractivity contribution in [1.82, 2.24) is 15.1 Å². The molecule has 0 unspecified atom stereocenters. The summed E-state index contributed by atoms with van der Waals surface area (Å²) in [5.41, 5.74) is 1.26. The first-order valence-electron chi connectivity index (χ1n) is 10.1. The van der Waals surface area contributed by atoms with Crippen molar-refractivity contribution in [1.29, 1.82) is 0 Å². The lowest BCUT2D eigenvalue weighted by Gasteiger charge is -2.15. The van der Waals surface area contributed by atoms with Gasteiger partial charge in [-0.2, -0.15) is 0 Å². The summed E-state index contributed by atoms with van der Waals surface area (Å²) in [4.78, 5) is 14.2. The van der Waals surface area contributed by atoms with Crippen molar-refractivity contribution in [3.63, 3.8) is 0 Å². The molecule has 8 heteroatoms. The maximum atomic E-state index is 12.7. The van der Waals surface area contributed by atoms with Gasteiger partial charge in [0.2, 0.25) is 11.8 Å². The van der Waals surface area contributed by atoms with Gasteiger partial charge < -0.3 is 23.5 Å². The molecule has 1 aromatic heterocycles. The monoisotopic (exact) mass is 425 g/mol. The van der Waals surface area contributed by atoms with Gasteiger partial charge in [-0.15, -0.1) is 10.2 Å². The molecule has 3 rings (SSSR count). The number of amides is 1. The molecule has 0 bridgehead atoms. The van der Waals surface area contributed by atoms with Gasteiger partial charge in [0.25, 0.3) is 5.91 Å². The number of rotatable bonds is 10. The number of hydrogen-bond acceptors (Lipinski definition) is 7. The van der Waals surface area contributed by atoms with Gasteiger partial charge in [-0.3, -0.25) is 4.79 Å². The summed E-state index contributed by atoms with van der Waals surface area (Å²) in [6.07, 6.45) is 2.07. The lowest BCUT2D eigenvalue weighted by molar-refractivity contribution is 0.0773. The highest BCUT2D eigenvalue weighted by molar-refractivity contribution is 5.94. The molecule has 8 nitrogen and oxygen atoms in total. The first-order valence-corrected chi connectivity index (χ1v) is 10.1. The van der Waals surface area contributed by atoms with Crippen molar-refractivity contribution in [2.24, 2.45) is 0 Å². The second-order valence-electron chi connectivity index (χ2n) is 6.96. The molecule has 0 aliphatic rings. The van der Waals surface area contributed by atoms with Crippen LogP contribution in [0.2, 0.25) is 0 Å². The zero-order valence-corrected chi connectivity index (χ0v) is 18.3. The Balaban J connectivity index is 1.64. The summed E-state index contributed by atoms with van der Waals surface area (Å²) in [6, 6.07) is 12.4. The molecule has 1 heterocycles. The maximum Gasteiger partial charge on any atom is 0.254 e. The molecule has 164 valence electrons. The van der Waals surface area contributed by atoms with Crippen LogP contribution in [0.15, 0.2) is 46.9 Å². The smallest absolute Gasteiger partial charge is 0.254 e.